The van der Waals surface area contributed by atoms with Gasteiger partial charge < -0.3 is 14.9 Å². The third kappa shape index (κ3) is 2.49. The number of hydrogen-bond donors (Lipinski definition) is 1. The summed E-state index contributed by atoms with van der Waals surface area (Å²) in [4.78, 5) is 27.9. The monoisotopic (exact) mass is 376 g/mol. The first-order chi connectivity index (χ1) is 12.8. The normalized spacial score (nSPS) is 15.8. The zero-order valence-electron chi connectivity index (χ0n) is 14.9. The lowest BCUT2D eigenvalue weighted by Crippen LogP contribution is -2.45. The number of aromatic nitrogens is 2. The molecule has 0 amide bonds. The van der Waals surface area contributed by atoms with E-state index >= 15 is 4.39 Å². The first-order valence-corrected chi connectivity index (χ1v) is 8.50. The lowest BCUT2D eigenvalue weighted by molar-refractivity contribution is 0.0697. The van der Waals surface area contributed by atoms with Crippen LogP contribution in [-0.2, 0) is 7.05 Å². The van der Waals surface area contributed by atoms with Crippen molar-refractivity contribution in [3.8, 4) is 0 Å². The second-order valence-electron chi connectivity index (χ2n) is 6.80. The SMILES string of the molecule is CN1CCN(c2c(F)cc3c(=O)c(C(=O)O)c4ccn(C)n4c3c2F)CC1. The number of anilines is 1. The van der Waals surface area contributed by atoms with Gasteiger partial charge in [-0.3, -0.25) is 9.48 Å². The Labute approximate surface area is 152 Å². The van der Waals surface area contributed by atoms with Crippen LogP contribution in [0.3, 0.4) is 0 Å². The maximum atomic E-state index is 15.5. The van der Waals surface area contributed by atoms with Crippen LogP contribution in [0.5, 0.6) is 0 Å². The van der Waals surface area contributed by atoms with Crippen LogP contribution in [0.25, 0.3) is 16.4 Å². The quantitative estimate of drug-likeness (QED) is 0.734. The highest BCUT2D eigenvalue weighted by atomic mass is 19.1. The Morgan fingerprint density at radius 2 is 1.81 bits per heavy atom. The van der Waals surface area contributed by atoms with Crippen LogP contribution < -0.4 is 10.3 Å². The van der Waals surface area contributed by atoms with E-state index in [1.54, 1.807) is 11.9 Å². The van der Waals surface area contributed by atoms with E-state index in [1.165, 1.54) is 21.5 Å². The molecule has 0 bridgehead atoms. The molecule has 0 atom stereocenters. The molecule has 0 radical (unpaired) electrons. The predicted molar refractivity (Wildman–Crippen MR) is 96.7 cm³/mol. The van der Waals surface area contributed by atoms with E-state index in [1.807, 2.05) is 7.05 Å². The molecule has 3 heterocycles. The average Bonchev–Trinajstić information content (AvgIpc) is 2.97. The summed E-state index contributed by atoms with van der Waals surface area (Å²) in [6, 6.07) is 2.38. The summed E-state index contributed by atoms with van der Waals surface area (Å²) in [6.07, 6.45) is 1.53. The second kappa shape index (κ2) is 6.05. The number of hydrogen-bond acceptors (Lipinski definition) is 4. The van der Waals surface area contributed by atoms with Crippen molar-refractivity contribution >= 4 is 28.1 Å². The number of carboxylic acid groups (broad SMARTS) is 1. The minimum atomic E-state index is -1.44. The number of piperazine rings is 1. The number of aryl methyl sites for hydroxylation is 1. The Morgan fingerprint density at radius 1 is 1.15 bits per heavy atom. The second-order valence-corrected chi connectivity index (χ2v) is 6.80. The van der Waals surface area contributed by atoms with Crippen LogP contribution in [0.2, 0.25) is 0 Å². The molecule has 1 aliphatic heterocycles. The van der Waals surface area contributed by atoms with Crippen LogP contribution in [0.1, 0.15) is 10.4 Å². The fourth-order valence-electron chi connectivity index (χ4n) is 3.71. The summed E-state index contributed by atoms with van der Waals surface area (Å²) < 4.78 is 33.1. The lowest BCUT2D eigenvalue weighted by atomic mass is 10.1. The highest BCUT2D eigenvalue weighted by molar-refractivity contribution is 6.01. The molecular formula is C18H18F2N4O3. The number of aromatic carboxylic acids is 1. The largest absolute Gasteiger partial charge is 0.477 e. The molecule has 1 aromatic carbocycles. The number of pyridine rings is 1. The number of fused-ring (bicyclic) bond motifs is 3. The van der Waals surface area contributed by atoms with Crippen molar-refractivity contribution in [1.29, 1.82) is 0 Å². The summed E-state index contributed by atoms with van der Waals surface area (Å²) in [5.41, 5.74) is -1.64. The third-order valence-electron chi connectivity index (χ3n) is 5.13. The van der Waals surface area contributed by atoms with Gasteiger partial charge in [-0.25, -0.2) is 18.1 Å². The summed E-state index contributed by atoms with van der Waals surface area (Å²) >= 11 is 0. The topological polar surface area (TPSA) is 70.2 Å². The van der Waals surface area contributed by atoms with Gasteiger partial charge in [-0.1, -0.05) is 0 Å². The Bertz CT molecular complexity index is 1140. The molecule has 0 saturated carbocycles. The summed E-state index contributed by atoms with van der Waals surface area (Å²) in [7, 11) is 3.53. The molecule has 0 unspecified atom stereocenters. The Hall–Kier alpha value is -2.94. The molecule has 1 aliphatic rings. The van der Waals surface area contributed by atoms with Gasteiger partial charge >= 0.3 is 5.97 Å². The maximum absolute atomic E-state index is 15.5. The predicted octanol–water partition coefficient (Wildman–Crippen LogP) is 1.52. The first-order valence-electron chi connectivity index (χ1n) is 8.50. The highest BCUT2D eigenvalue weighted by Crippen LogP contribution is 2.31. The van der Waals surface area contributed by atoms with E-state index in [9.17, 15) is 19.1 Å². The number of benzene rings is 1. The number of carbonyl (C=O) groups is 1. The van der Waals surface area contributed by atoms with E-state index in [0.717, 1.165) is 6.07 Å². The molecule has 2 aromatic heterocycles. The number of likely N-dealkylation sites (N-methyl/N-ethyl adjacent to an activating group) is 1. The summed E-state index contributed by atoms with van der Waals surface area (Å²) in [6.45, 7) is 2.23. The van der Waals surface area contributed by atoms with Crippen molar-refractivity contribution in [2.75, 3.05) is 38.1 Å². The van der Waals surface area contributed by atoms with E-state index in [0.29, 0.717) is 26.2 Å². The van der Waals surface area contributed by atoms with E-state index < -0.39 is 28.6 Å². The molecule has 0 spiro atoms. The molecule has 0 aliphatic carbocycles. The van der Waals surface area contributed by atoms with Crippen molar-refractivity contribution in [3.05, 3.63) is 45.8 Å². The van der Waals surface area contributed by atoms with Gasteiger partial charge in [0.25, 0.3) is 0 Å². The Balaban J connectivity index is 2.10. The number of carboxylic acids is 1. The van der Waals surface area contributed by atoms with Gasteiger partial charge in [0, 0.05) is 39.4 Å². The van der Waals surface area contributed by atoms with Crippen LogP contribution in [0.15, 0.2) is 23.1 Å². The van der Waals surface area contributed by atoms with Crippen molar-refractivity contribution in [3.63, 3.8) is 0 Å². The summed E-state index contributed by atoms with van der Waals surface area (Å²) in [5, 5.41) is 9.14. The minimum absolute atomic E-state index is 0.0670. The van der Waals surface area contributed by atoms with Crippen LogP contribution in [0.4, 0.5) is 14.5 Å². The lowest BCUT2D eigenvalue weighted by Gasteiger charge is -2.34. The van der Waals surface area contributed by atoms with Crippen molar-refractivity contribution < 1.29 is 18.7 Å². The van der Waals surface area contributed by atoms with Crippen molar-refractivity contribution in [1.82, 2.24) is 14.1 Å². The standard InChI is InChI=1S/C18H18F2N4O3/c1-21-5-7-23(8-6-21)16-11(19)9-10-15(14(16)20)24-12(3-4-22(24)2)13(17(10)25)18(26)27/h3-4,9H,5-8H2,1-2H3,(H,26,27). The van der Waals surface area contributed by atoms with Crippen LogP contribution in [0, 0.1) is 11.6 Å². The van der Waals surface area contributed by atoms with Crippen molar-refractivity contribution in [2.24, 2.45) is 7.05 Å². The van der Waals surface area contributed by atoms with Crippen LogP contribution >= 0.6 is 0 Å². The zero-order chi connectivity index (χ0) is 19.5. The molecule has 3 aromatic rings. The summed E-state index contributed by atoms with van der Waals surface area (Å²) in [5.74, 6) is -3.16. The maximum Gasteiger partial charge on any atom is 0.341 e. The number of halogens is 2. The third-order valence-corrected chi connectivity index (χ3v) is 5.13. The minimum Gasteiger partial charge on any atom is -0.477 e. The van der Waals surface area contributed by atoms with E-state index in [2.05, 4.69) is 4.90 Å². The van der Waals surface area contributed by atoms with Gasteiger partial charge in [-0.2, -0.15) is 0 Å². The fourth-order valence-corrected chi connectivity index (χ4v) is 3.71. The molecule has 4 rings (SSSR count). The van der Waals surface area contributed by atoms with Gasteiger partial charge in [-0.15, -0.1) is 0 Å². The van der Waals surface area contributed by atoms with Gasteiger partial charge in [0.15, 0.2) is 5.82 Å². The molecule has 1 saturated heterocycles. The Morgan fingerprint density at radius 3 is 2.44 bits per heavy atom. The molecule has 7 nitrogen and oxygen atoms in total. The molecule has 1 N–H and O–H groups in total. The van der Waals surface area contributed by atoms with Gasteiger partial charge in [0.05, 0.1) is 10.9 Å². The van der Waals surface area contributed by atoms with Gasteiger partial charge in [0.2, 0.25) is 5.43 Å². The van der Waals surface area contributed by atoms with Gasteiger partial charge in [-0.05, 0) is 19.2 Å². The highest BCUT2D eigenvalue weighted by Gasteiger charge is 2.28. The number of nitrogens with zero attached hydrogens (tertiary/aromatic N) is 4. The molecule has 27 heavy (non-hydrogen) atoms. The first kappa shape index (κ1) is 17.5. The van der Waals surface area contributed by atoms with Crippen LogP contribution in [-0.4, -0.2) is 58.4 Å². The van der Waals surface area contributed by atoms with Crippen molar-refractivity contribution in [2.45, 2.75) is 0 Å². The zero-order valence-corrected chi connectivity index (χ0v) is 14.9. The van der Waals surface area contributed by atoms with E-state index in [4.69, 9.17) is 0 Å². The molecule has 1 fully saturated rings. The smallest absolute Gasteiger partial charge is 0.341 e. The average molecular weight is 376 g/mol. The fraction of sp³-hybridized carbons (Fsp3) is 0.333. The molecule has 142 valence electrons. The molecular weight excluding hydrogens is 358 g/mol. The number of rotatable bonds is 2. The van der Waals surface area contributed by atoms with E-state index in [-0.39, 0.29) is 22.1 Å². The molecule has 9 heteroatoms. The Kier molecular flexibility index (Phi) is 3.92. The van der Waals surface area contributed by atoms with Gasteiger partial charge in [0.1, 0.15) is 22.6 Å².